The van der Waals surface area contributed by atoms with E-state index >= 15 is 0 Å². The SMILES string of the molecule is COc1ccc(N(CC(=O)NN=Cc2ccccc2OC)S(=O)(=O)c2ccccc2)cc1. The van der Waals surface area contributed by atoms with E-state index in [0.717, 1.165) is 4.31 Å². The van der Waals surface area contributed by atoms with Crippen LogP contribution < -0.4 is 19.2 Å². The van der Waals surface area contributed by atoms with E-state index in [9.17, 15) is 13.2 Å². The van der Waals surface area contributed by atoms with Crippen molar-refractivity contribution in [2.24, 2.45) is 5.10 Å². The summed E-state index contributed by atoms with van der Waals surface area (Å²) in [6, 6.07) is 21.5. The third kappa shape index (κ3) is 5.44. The van der Waals surface area contributed by atoms with Crippen LogP contribution in [0.2, 0.25) is 0 Å². The van der Waals surface area contributed by atoms with E-state index in [1.165, 1.54) is 32.6 Å². The number of methoxy groups -OCH3 is 2. The van der Waals surface area contributed by atoms with Crippen molar-refractivity contribution in [3.63, 3.8) is 0 Å². The average Bonchev–Trinajstić information content (AvgIpc) is 2.83. The molecule has 9 heteroatoms. The van der Waals surface area contributed by atoms with Gasteiger partial charge in [0.2, 0.25) is 0 Å². The van der Waals surface area contributed by atoms with Gasteiger partial charge in [0.05, 0.1) is 31.0 Å². The summed E-state index contributed by atoms with van der Waals surface area (Å²) in [5.74, 6) is 0.556. The normalized spacial score (nSPS) is 11.2. The number of anilines is 1. The van der Waals surface area contributed by atoms with Crippen LogP contribution in [0.25, 0.3) is 0 Å². The molecular formula is C23H23N3O5S. The predicted octanol–water partition coefficient (Wildman–Crippen LogP) is 3.05. The maximum absolute atomic E-state index is 13.3. The maximum atomic E-state index is 13.3. The quantitative estimate of drug-likeness (QED) is 0.397. The Labute approximate surface area is 187 Å². The van der Waals surface area contributed by atoms with E-state index in [2.05, 4.69) is 10.5 Å². The summed E-state index contributed by atoms with van der Waals surface area (Å²) >= 11 is 0. The first-order chi connectivity index (χ1) is 15.5. The van der Waals surface area contributed by atoms with Crippen LogP contribution >= 0.6 is 0 Å². The number of amides is 1. The van der Waals surface area contributed by atoms with Gasteiger partial charge in [-0.15, -0.1) is 0 Å². The van der Waals surface area contributed by atoms with Crippen LogP contribution in [0.5, 0.6) is 11.5 Å². The summed E-state index contributed by atoms with van der Waals surface area (Å²) in [4.78, 5) is 12.7. The smallest absolute Gasteiger partial charge is 0.264 e. The van der Waals surface area contributed by atoms with Crippen LogP contribution in [0.1, 0.15) is 5.56 Å². The van der Waals surface area contributed by atoms with Gasteiger partial charge in [0, 0.05) is 5.56 Å². The Bertz CT molecular complexity index is 1180. The number of sulfonamides is 1. The molecule has 1 amide bonds. The van der Waals surface area contributed by atoms with Crippen LogP contribution in [0.4, 0.5) is 5.69 Å². The molecule has 0 saturated heterocycles. The van der Waals surface area contributed by atoms with Gasteiger partial charge in [0.1, 0.15) is 18.0 Å². The molecule has 0 unspecified atom stereocenters. The second kappa shape index (κ2) is 10.5. The van der Waals surface area contributed by atoms with Crippen LogP contribution in [0, 0.1) is 0 Å². The lowest BCUT2D eigenvalue weighted by molar-refractivity contribution is -0.119. The minimum Gasteiger partial charge on any atom is -0.497 e. The number of carbonyl (C=O) groups is 1. The molecule has 0 aliphatic rings. The Hall–Kier alpha value is -3.85. The van der Waals surface area contributed by atoms with Crippen molar-refractivity contribution in [2.75, 3.05) is 25.1 Å². The fraction of sp³-hybridized carbons (Fsp3) is 0.130. The highest BCUT2D eigenvalue weighted by Gasteiger charge is 2.27. The number of hydrogen-bond donors (Lipinski definition) is 1. The molecular weight excluding hydrogens is 430 g/mol. The molecule has 0 atom stereocenters. The zero-order valence-electron chi connectivity index (χ0n) is 17.6. The third-order valence-corrected chi connectivity index (χ3v) is 6.30. The molecule has 8 nitrogen and oxygen atoms in total. The monoisotopic (exact) mass is 453 g/mol. The molecule has 0 heterocycles. The largest absolute Gasteiger partial charge is 0.497 e. The number of nitrogens with one attached hydrogen (secondary N) is 1. The standard InChI is InChI=1S/C23H23N3O5S/c1-30-20-14-12-19(13-15-20)26(32(28,29)21-9-4-3-5-10-21)17-23(27)25-24-16-18-8-6-7-11-22(18)31-2/h3-16H,17H2,1-2H3,(H,25,27). The molecule has 0 saturated carbocycles. The summed E-state index contributed by atoms with van der Waals surface area (Å²) in [6.07, 6.45) is 1.43. The van der Waals surface area contributed by atoms with Crippen LogP contribution in [-0.2, 0) is 14.8 Å². The van der Waals surface area contributed by atoms with Crippen molar-refractivity contribution in [1.82, 2.24) is 5.43 Å². The van der Waals surface area contributed by atoms with E-state index in [-0.39, 0.29) is 4.90 Å². The van der Waals surface area contributed by atoms with Crippen molar-refractivity contribution in [3.05, 3.63) is 84.4 Å². The molecule has 3 rings (SSSR count). The minimum absolute atomic E-state index is 0.0705. The topological polar surface area (TPSA) is 97.3 Å². The Morgan fingerprint density at radius 3 is 2.25 bits per heavy atom. The number of hydrogen-bond acceptors (Lipinski definition) is 6. The number of hydrazone groups is 1. The fourth-order valence-electron chi connectivity index (χ4n) is 2.90. The molecule has 0 bridgehead atoms. The van der Waals surface area contributed by atoms with Crippen LogP contribution in [0.15, 0.2) is 88.9 Å². The molecule has 32 heavy (non-hydrogen) atoms. The fourth-order valence-corrected chi connectivity index (χ4v) is 4.34. The van der Waals surface area contributed by atoms with Crippen molar-refractivity contribution in [1.29, 1.82) is 0 Å². The Morgan fingerprint density at radius 2 is 1.59 bits per heavy atom. The Kier molecular flexibility index (Phi) is 7.45. The van der Waals surface area contributed by atoms with Gasteiger partial charge >= 0.3 is 0 Å². The van der Waals surface area contributed by atoms with Gasteiger partial charge in [-0.25, -0.2) is 13.8 Å². The molecule has 0 aliphatic carbocycles. The number of ether oxygens (including phenoxy) is 2. The van der Waals surface area contributed by atoms with E-state index in [0.29, 0.717) is 22.7 Å². The number of para-hydroxylation sites is 1. The number of rotatable bonds is 9. The molecule has 0 spiro atoms. The molecule has 0 radical (unpaired) electrons. The van der Waals surface area contributed by atoms with E-state index < -0.39 is 22.5 Å². The second-order valence-electron chi connectivity index (χ2n) is 6.56. The highest BCUT2D eigenvalue weighted by molar-refractivity contribution is 7.92. The molecule has 0 aromatic heterocycles. The molecule has 3 aromatic carbocycles. The average molecular weight is 454 g/mol. The van der Waals surface area contributed by atoms with E-state index in [4.69, 9.17) is 9.47 Å². The van der Waals surface area contributed by atoms with Crippen molar-refractivity contribution >= 4 is 27.8 Å². The van der Waals surface area contributed by atoms with Crippen LogP contribution in [-0.4, -0.2) is 41.3 Å². The van der Waals surface area contributed by atoms with Crippen LogP contribution in [0.3, 0.4) is 0 Å². The van der Waals surface area contributed by atoms with Gasteiger partial charge in [-0.3, -0.25) is 9.10 Å². The van der Waals surface area contributed by atoms with Gasteiger partial charge in [0.15, 0.2) is 0 Å². The molecule has 3 aromatic rings. The zero-order chi connectivity index (χ0) is 23.0. The number of nitrogens with zero attached hydrogens (tertiary/aromatic N) is 2. The second-order valence-corrected chi connectivity index (χ2v) is 8.42. The summed E-state index contributed by atoms with van der Waals surface area (Å²) in [5, 5.41) is 3.93. The number of benzene rings is 3. The third-order valence-electron chi connectivity index (χ3n) is 4.51. The molecule has 0 fully saturated rings. The van der Waals surface area contributed by atoms with Crippen molar-refractivity contribution in [2.45, 2.75) is 4.90 Å². The van der Waals surface area contributed by atoms with E-state index in [1.807, 2.05) is 12.1 Å². The van der Waals surface area contributed by atoms with E-state index in [1.54, 1.807) is 54.6 Å². The molecule has 0 aliphatic heterocycles. The zero-order valence-corrected chi connectivity index (χ0v) is 18.5. The molecule has 1 N–H and O–H groups in total. The lowest BCUT2D eigenvalue weighted by atomic mass is 10.2. The van der Waals surface area contributed by atoms with Gasteiger partial charge in [-0.1, -0.05) is 30.3 Å². The Balaban J connectivity index is 1.83. The van der Waals surface area contributed by atoms with Crippen molar-refractivity contribution < 1.29 is 22.7 Å². The van der Waals surface area contributed by atoms with Crippen molar-refractivity contribution in [3.8, 4) is 11.5 Å². The lowest BCUT2D eigenvalue weighted by Gasteiger charge is -2.23. The number of carbonyl (C=O) groups excluding carboxylic acids is 1. The first-order valence-electron chi connectivity index (χ1n) is 9.62. The summed E-state index contributed by atoms with van der Waals surface area (Å²) in [6.45, 7) is -0.465. The minimum atomic E-state index is -4.00. The predicted molar refractivity (Wildman–Crippen MR) is 123 cm³/mol. The first kappa shape index (κ1) is 22.8. The highest BCUT2D eigenvalue weighted by Crippen LogP contribution is 2.25. The van der Waals surface area contributed by atoms with Gasteiger partial charge < -0.3 is 9.47 Å². The summed E-state index contributed by atoms with van der Waals surface area (Å²) < 4.78 is 37.9. The Morgan fingerprint density at radius 1 is 0.938 bits per heavy atom. The van der Waals surface area contributed by atoms with Gasteiger partial charge in [-0.05, 0) is 48.5 Å². The van der Waals surface area contributed by atoms with Gasteiger partial charge in [-0.2, -0.15) is 5.10 Å². The summed E-state index contributed by atoms with van der Waals surface area (Å²) in [7, 11) is -0.948. The maximum Gasteiger partial charge on any atom is 0.264 e. The first-order valence-corrected chi connectivity index (χ1v) is 11.1. The highest BCUT2D eigenvalue weighted by atomic mass is 32.2. The lowest BCUT2D eigenvalue weighted by Crippen LogP contribution is -2.39. The summed E-state index contributed by atoms with van der Waals surface area (Å²) in [5.41, 5.74) is 3.36. The van der Waals surface area contributed by atoms with Gasteiger partial charge in [0.25, 0.3) is 15.9 Å². The molecule has 166 valence electrons.